The zero-order chi connectivity index (χ0) is 11.7. The lowest BCUT2D eigenvalue weighted by Crippen LogP contribution is -2.28. The summed E-state index contributed by atoms with van der Waals surface area (Å²) in [5, 5.41) is -0.726. The first kappa shape index (κ1) is 10.2. The van der Waals surface area contributed by atoms with Gasteiger partial charge in [-0.2, -0.15) is 0 Å². The van der Waals surface area contributed by atoms with E-state index in [0.717, 1.165) is 0 Å². The fraction of sp³-hybridized carbons (Fsp3) is 0.0769. The molecule has 4 heteroatoms. The fourth-order valence-corrected chi connectivity index (χ4v) is 2.27. The number of hydrogen-bond acceptors (Lipinski definition) is 3. The molecule has 0 aliphatic rings. The highest BCUT2D eigenvalue weighted by Crippen LogP contribution is 2.36. The van der Waals surface area contributed by atoms with E-state index >= 15 is 0 Å². The Bertz CT molecular complexity index is 480. The van der Waals surface area contributed by atoms with Crippen molar-refractivity contribution in [3.8, 4) is 0 Å². The maximum absolute atomic E-state index is 5.48. The summed E-state index contributed by atoms with van der Waals surface area (Å²) in [6, 6.07) is 11.1. The zero-order valence-electron chi connectivity index (χ0n) is 8.92. The maximum atomic E-state index is 5.48. The maximum Gasteiger partial charge on any atom is 0.126 e. The Morgan fingerprint density at radius 1 is 0.706 bits per heavy atom. The first-order valence-electron chi connectivity index (χ1n) is 5.19. The van der Waals surface area contributed by atoms with Crippen molar-refractivity contribution in [3.05, 3.63) is 72.5 Å². The van der Waals surface area contributed by atoms with Crippen molar-refractivity contribution in [2.24, 2.45) is 0 Å². The second kappa shape index (κ2) is 3.82. The van der Waals surface area contributed by atoms with Crippen molar-refractivity contribution in [1.29, 1.82) is 0 Å². The fourth-order valence-electron chi connectivity index (χ4n) is 1.84. The number of rotatable bonds is 3. The van der Waals surface area contributed by atoms with Crippen LogP contribution in [-0.2, 0) is 5.04 Å². The third kappa shape index (κ3) is 1.49. The molecule has 0 aliphatic heterocycles. The van der Waals surface area contributed by atoms with Crippen molar-refractivity contribution < 1.29 is 13.3 Å². The van der Waals surface area contributed by atoms with Crippen LogP contribution >= 0.6 is 0 Å². The van der Waals surface area contributed by atoms with Crippen LogP contribution in [0.1, 0.15) is 17.3 Å². The molecule has 0 saturated heterocycles. The molecule has 0 fully saturated rings. The van der Waals surface area contributed by atoms with Gasteiger partial charge in [0, 0.05) is 0 Å². The second-order valence-electron chi connectivity index (χ2n) is 3.68. The smallest absolute Gasteiger partial charge is 0.126 e. The van der Waals surface area contributed by atoms with Crippen LogP contribution in [-0.4, -0.2) is 10.2 Å². The zero-order valence-corrected chi connectivity index (χ0v) is 9.92. The van der Waals surface area contributed by atoms with Crippen molar-refractivity contribution >= 4 is 10.2 Å². The number of hydrogen-bond donors (Lipinski definition) is 0. The molecule has 0 bridgehead atoms. The average molecular weight is 241 g/mol. The summed E-state index contributed by atoms with van der Waals surface area (Å²) >= 11 is 0. The average Bonchev–Trinajstić information content (AvgIpc) is 3.10. The minimum Gasteiger partial charge on any atom is -0.468 e. The molecule has 3 radical (unpaired) electrons. The number of furan rings is 3. The SMILES string of the molecule is [Si]C(c1ccco1)(c1ccco1)c1ccco1. The standard InChI is InChI=1S/C13H9O3Si/c17-13(10-4-1-7-14-10,11-5-2-8-15-11)12-6-3-9-16-12/h1-9H. The second-order valence-corrected chi connectivity index (χ2v) is 4.43. The van der Waals surface area contributed by atoms with Crippen LogP contribution in [0.4, 0.5) is 0 Å². The molecule has 0 aliphatic carbocycles. The van der Waals surface area contributed by atoms with E-state index in [1.807, 2.05) is 36.4 Å². The van der Waals surface area contributed by atoms with Crippen molar-refractivity contribution in [2.75, 3.05) is 0 Å². The van der Waals surface area contributed by atoms with E-state index in [1.165, 1.54) is 0 Å². The highest BCUT2D eigenvalue weighted by Gasteiger charge is 2.39. The molecule has 0 aromatic carbocycles. The van der Waals surface area contributed by atoms with E-state index < -0.39 is 5.04 Å². The lowest BCUT2D eigenvalue weighted by Gasteiger charge is -2.22. The first-order valence-corrected chi connectivity index (χ1v) is 5.69. The summed E-state index contributed by atoms with van der Waals surface area (Å²) in [7, 11) is 3.73. The third-order valence-electron chi connectivity index (χ3n) is 2.67. The van der Waals surface area contributed by atoms with Crippen molar-refractivity contribution in [3.63, 3.8) is 0 Å². The minimum absolute atomic E-state index is 0.707. The van der Waals surface area contributed by atoms with Crippen molar-refractivity contribution in [2.45, 2.75) is 5.04 Å². The van der Waals surface area contributed by atoms with Gasteiger partial charge in [0.15, 0.2) is 0 Å². The molecule has 0 spiro atoms. The van der Waals surface area contributed by atoms with Gasteiger partial charge in [0.25, 0.3) is 0 Å². The molecule has 0 N–H and O–H groups in total. The van der Waals surface area contributed by atoms with E-state index in [0.29, 0.717) is 17.3 Å². The Morgan fingerprint density at radius 2 is 1.06 bits per heavy atom. The summed E-state index contributed by atoms with van der Waals surface area (Å²) in [5.41, 5.74) is 0. The quantitative estimate of drug-likeness (QED) is 0.662. The lowest BCUT2D eigenvalue weighted by atomic mass is 9.99. The molecule has 3 aromatic heterocycles. The predicted octanol–water partition coefficient (Wildman–Crippen LogP) is 2.93. The van der Waals surface area contributed by atoms with Crippen LogP contribution in [0.5, 0.6) is 0 Å². The molecule has 83 valence electrons. The Labute approximate surface area is 101 Å². The van der Waals surface area contributed by atoms with Gasteiger partial charge >= 0.3 is 0 Å². The summed E-state index contributed by atoms with van der Waals surface area (Å²) in [6.45, 7) is 0. The van der Waals surface area contributed by atoms with Gasteiger partial charge in [-0.25, -0.2) is 0 Å². The molecule has 3 heterocycles. The van der Waals surface area contributed by atoms with Crippen molar-refractivity contribution in [1.82, 2.24) is 0 Å². The van der Waals surface area contributed by atoms with Gasteiger partial charge in [-0.3, -0.25) is 0 Å². The highest BCUT2D eigenvalue weighted by atomic mass is 28.1. The van der Waals surface area contributed by atoms with E-state index in [9.17, 15) is 0 Å². The molecular weight excluding hydrogens is 232 g/mol. The van der Waals surface area contributed by atoms with Gasteiger partial charge in [0.2, 0.25) is 0 Å². The van der Waals surface area contributed by atoms with Crippen LogP contribution in [0.25, 0.3) is 0 Å². The van der Waals surface area contributed by atoms with E-state index in [4.69, 9.17) is 13.3 Å². The summed E-state index contributed by atoms with van der Waals surface area (Å²) in [6.07, 6.45) is 4.86. The molecule has 17 heavy (non-hydrogen) atoms. The summed E-state index contributed by atoms with van der Waals surface area (Å²) < 4.78 is 16.4. The molecule has 0 atom stereocenters. The summed E-state index contributed by atoms with van der Waals surface area (Å²) in [4.78, 5) is 0. The molecule has 3 rings (SSSR count). The lowest BCUT2D eigenvalue weighted by molar-refractivity contribution is 0.381. The predicted molar refractivity (Wildman–Crippen MR) is 61.8 cm³/mol. The Hall–Kier alpha value is -1.94. The molecular formula is C13H9O3Si. The van der Waals surface area contributed by atoms with Gasteiger partial charge in [-0.05, 0) is 36.4 Å². The minimum atomic E-state index is -0.726. The normalized spacial score (nSPS) is 11.8. The highest BCUT2D eigenvalue weighted by molar-refractivity contribution is 6.19. The molecule has 0 unspecified atom stereocenters. The Kier molecular flexibility index (Phi) is 2.30. The monoisotopic (exact) mass is 241 g/mol. The topological polar surface area (TPSA) is 39.4 Å². The molecule has 3 aromatic rings. The van der Waals surface area contributed by atoms with Crippen LogP contribution in [0, 0.1) is 0 Å². The van der Waals surface area contributed by atoms with E-state index in [2.05, 4.69) is 10.2 Å². The Balaban J connectivity index is 2.21. The first-order chi connectivity index (χ1) is 8.32. The molecule has 0 amide bonds. The van der Waals surface area contributed by atoms with Gasteiger partial charge in [-0.15, -0.1) is 0 Å². The van der Waals surface area contributed by atoms with Crippen LogP contribution < -0.4 is 0 Å². The van der Waals surface area contributed by atoms with Gasteiger partial charge in [-0.1, -0.05) is 0 Å². The third-order valence-corrected chi connectivity index (χ3v) is 3.41. The van der Waals surface area contributed by atoms with Gasteiger partial charge in [0.1, 0.15) is 22.3 Å². The van der Waals surface area contributed by atoms with Gasteiger partial charge < -0.3 is 13.3 Å². The van der Waals surface area contributed by atoms with Gasteiger partial charge in [0.05, 0.1) is 29.0 Å². The van der Waals surface area contributed by atoms with Crippen LogP contribution in [0.3, 0.4) is 0 Å². The van der Waals surface area contributed by atoms with Crippen LogP contribution in [0.2, 0.25) is 0 Å². The van der Waals surface area contributed by atoms with Crippen LogP contribution in [0.15, 0.2) is 68.4 Å². The largest absolute Gasteiger partial charge is 0.468 e. The molecule has 0 saturated carbocycles. The van der Waals surface area contributed by atoms with E-state index in [-0.39, 0.29) is 0 Å². The Morgan fingerprint density at radius 3 is 1.29 bits per heavy atom. The molecule has 3 nitrogen and oxygen atoms in total. The summed E-state index contributed by atoms with van der Waals surface area (Å²) in [5.74, 6) is 2.12. The van der Waals surface area contributed by atoms with E-state index in [1.54, 1.807) is 18.8 Å².